The Balaban J connectivity index is 1.81. The monoisotopic (exact) mass is 269 g/mol. The summed E-state index contributed by atoms with van der Waals surface area (Å²) in [5.41, 5.74) is 3.12. The zero-order chi connectivity index (χ0) is 14.4. The molecule has 2 aromatic carbocycles. The third-order valence-corrected chi connectivity index (χ3v) is 3.20. The lowest BCUT2D eigenvalue weighted by Crippen LogP contribution is -2.15. The van der Waals surface area contributed by atoms with Crippen LogP contribution in [0.2, 0.25) is 0 Å². The molecule has 0 atom stereocenters. The molecule has 2 rings (SSSR count). The molecule has 0 aromatic heterocycles. The first-order chi connectivity index (χ1) is 9.66. The second kappa shape index (κ2) is 6.75. The maximum atomic E-state index is 11.8. The summed E-state index contributed by atoms with van der Waals surface area (Å²) in [4.78, 5) is 11.8. The normalized spacial score (nSPS) is 10.1. The summed E-state index contributed by atoms with van der Waals surface area (Å²) in [6.07, 6.45) is 0.336. The van der Waals surface area contributed by atoms with Crippen LogP contribution in [0.5, 0.6) is 5.75 Å². The van der Waals surface area contributed by atoms with E-state index in [0.29, 0.717) is 13.0 Å². The summed E-state index contributed by atoms with van der Waals surface area (Å²) in [6.45, 7) is 4.45. The van der Waals surface area contributed by atoms with Crippen molar-refractivity contribution in [3.05, 3.63) is 59.7 Å². The SMILES string of the molecule is Cc1cccc(OCCC(=O)Nc2ccccc2)c1C. The number of benzene rings is 2. The number of hydrogen-bond donors (Lipinski definition) is 1. The lowest BCUT2D eigenvalue weighted by Gasteiger charge is -2.11. The van der Waals surface area contributed by atoms with E-state index in [1.54, 1.807) is 0 Å². The minimum Gasteiger partial charge on any atom is -0.493 e. The summed E-state index contributed by atoms with van der Waals surface area (Å²) in [6, 6.07) is 15.4. The maximum absolute atomic E-state index is 11.8. The molecule has 104 valence electrons. The molecule has 1 amide bonds. The minimum absolute atomic E-state index is 0.0403. The Morgan fingerprint density at radius 2 is 1.80 bits per heavy atom. The summed E-state index contributed by atoms with van der Waals surface area (Å²) in [5, 5.41) is 2.84. The number of nitrogens with one attached hydrogen (secondary N) is 1. The fourth-order valence-electron chi connectivity index (χ4n) is 1.88. The van der Waals surface area contributed by atoms with E-state index in [9.17, 15) is 4.79 Å². The van der Waals surface area contributed by atoms with Crippen molar-refractivity contribution in [2.24, 2.45) is 0 Å². The van der Waals surface area contributed by atoms with Crippen molar-refractivity contribution in [1.29, 1.82) is 0 Å². The topological polar surface area (TPSA) is 38.3 Å². The fraction of sp³-hybridized carbons (Fsp3) is 0.235. The van der Waals surface area contributed by atoms with E-state index < -0.39 is 0 Å². The van der Waals surface area contributed by atoms with Crippen molar-refractivity contribution in [2.45, 2.75) is 20.3 Å². The van der Waals surface area contributed by atoms with Gasteiger partial charge in [-0.15, -0.1) is 0 Å². The number of aryl methyl sites for hydroxylation is 1. The van der Waals surface area contributed by atoms with Crippen LogP contribution in [0.4, 0.5) is 5.69 Å². The number of amides is 1. The van der Waals surface area contributed by atoms with E-state index >= 15 is 0 Å². The van der Waals surface area contributed by atoms with Crippen molar-refractivity contribution in [3.63, 3.8) is 0 Å². The molecule has 3 nitrogen and oxygen atoms in total. The van der Waals surface area contributed by atoms with Gasteiger partial charge in [0.05, 0.1) is 13.0 Å². The predicted molar refractivity (Wildman–Crippen MR) is 81.1 cm³/mol. The molecular formula is C17H19NO2. The Hall–Kier alpha value is -2.29. The molecule has 0 spiro atoms. The molecule has 0 radical (unpaired) electrons. The number of rotatable bonds is 5. The molecule has 3 heteroatoms. The van der Waals surface area contributed by atoms with Crippen LogP contribution < -0.4 is 10.1 Å². The van der Waals surface area contributed by atoms with E-state index in [4.69, 9.17) is 4.74 Å². The smallest absolute Gasteiger partial charge is 0.227 e. The Morgan fingerprint density at radius 3 is 2.55 bits per heavy atom. The van der Waals surface area contributed by atoms with Gasteiger partial charge in [-0.3, -0.25) is 4.79 Å². The van der Waals surface area contributed by atoms with Crippen LogP contribution in [0, 0.1) is 13.8 Å². The molecule has 0 aliphatic rings. The Bertz CT molecular complexity index is 579. The van der Waals surface area contributed by atoms with Crippen LogP contribution in [-0.4, -0.2) is 12.5 Å². The van der Waals surface area contributed by atoms with Gasteiger partial charge in [0.25, 0.3) is 0 Å². The van der Waals surface area contributed by atoms with Gasteiger partial charge in [-0.2, -0.15) is 0 Å². The van der Waals surface area contributed by atoms with Crippen LogP contribution in [0.3, 0.4) is 0 Å². The van der Waals surface area contributed by atoms with Gasteiger partial charge in [-0.25, -0.2) is 0 Å². The lowest BCUT2D eigenvalue weighted by molar-refractivity contribution is -0.116. The lowest BCUT2D eigenvalue weighted by atomic mass is 10.1. The molecule has 0 saturated carbocycles. The van der Waals surface area contributed by atoms with E-state index in [-0.39, 0.29) is 5.91 Å². The molecule has 2 aromatic rings. The third kappa shape index (κ3) is 3.85. The predicted octanol–water partition coefficient (Wildman–Crippen LogP) is 3.71. The van der Waals surface area contributed by atoms with Gasteiger partial charge in [-0.1, -0.05) is 30.3 Å². The van der Waals surface area contributed by atoms with Gasteiger partial charge in [-0.05, 0) is 43.2 Å². The Kier molecular flexibility index (Phi) is 4.77. The molecule has 0 aliphatic heterocycles. The number of carbonyl (C=O) groups excluding carboxylic acids is 1. The number of para-hydroxylation sites is 1. The molecular weight excluding hydrogens is 250 g/mol. The third-order valence-electron chi connectivity index (χ3n) is 3.20. The minimum atomic E-state index is -0.0403. The Labute approximate surface area is 119 Å². The zero-order valence-corrected chi connectivity index (χ0v) is 11.8. The molecule has 0 bridgehead atoms. The summed E-state index contributed by atoms with van der Waals surface area (Å²) in [5.74, 6) is 0.805. The van der Waals surface area contributed by atoms with Crippen LogP contribution >= 0.6 is 0 Å². The standard InChI is InChI=1S/C17H19NO2/c1-13-7-6-10-16(14(13)2)20-12-11-17(19)18-15-8-4-3-5-9-15/h3-10H,11-12H2,1-2H3,(H,18,19). The molecule has 0 fully saturated rings. The highest BCUT2D eigenvalue weighted by atomic mass is 16.5. The average Bonchev–Trinajstić information content (AvgIpc) is 2.44. The molecule has 0 heterocycles. The van der Waals surface area contributed by atoms with E-state index in [1.165, 1.54) is 5.56 Å². The van der Waals surface area contributed by atoms with Crippen LogP contribution in [0.25, 0.3) is 0 Å². The van der Waals surface area contributed by atoms with Gasteiger partial charge in [0.2, 0.25) is 5.91 Å². The average molecular weight is 269 g/mol. The van der Waals surface area contributed by atoms with Crippen molar-refractivity contribution in [1.82, 2.24) is 0 Å². The zero-order valence-electron chi connectivity index (χ0n) is 11.8. The first-order valence-electron chi connectivity index (χ1n) is 6.71. The van der Waals surface area contributed by atoms with Crippen molar-refractivity contribution < 1.29 is 9.53 Å². The van der Waals surface area contributed by atoms with Gasteiger partial charge in [0.15, 0.2) is 0 Å². The second-order valence-corrected chi connectivity index (χ2v) is 4.71. The number of anilines is 1. The molecule has 0 unspecified atom stereocenters. The van der Waals surface area contributed by atoms with E-state index in [2.05, 4.69) is 5.32 Å². The molecule has 0 saturated heterocycles. The number of carbonyl (C=O) groups is 1. The Morgan fingerprint density at radius 1 is 1.05 bits per heavy atom. The first kappa shape index (κ1) is 14.1. The van der Waals surface area contributed by atoms with Gasteiger partial charge in [0, 0.05) is 5.69 Å². The highest BCUT2D eigenvalue weighted by Crippen LogP contribution is 2.20. The van der Waals surface area contributed by atoms with Crippen molar-refractivity contribution >= 4 is 11.6 Å². The number of ether oxygens (including phenoxy) is 1. The van der Waals surface area contributed by atoms with Crippen molar-refractivity contribution in [2.75, 3.05) is 11.9 Å². The van der Waals surface area contributed by atoms with Crippen LogP contribution in [-0.2, 0) is 4.79 Å². The van der Waals surface area contributed by atoms with Gasteiger partial charge in [0.1, 0.15) is 5.75 Å². The van der Waals surface area contributed by atoms with Gasteiger partial charge >= 0.3 is 0 Å². The molecule has 0 aliphatic carbocycles. The second-order valence-electron chi connectivity index (χ2n) is 4.71. The molecule has 20 heavy (non-hydrogen) atoms. The quantitative estimate of drug-likeness (QED) is 0.898. The van der Waals surface area contributed by atoms with Crippen LogP contribution in [0.15, 0.2) is 48.5 Å². The number of hydrogen-bond acceptors (Lipinski definition) is 2. The van der Waals surface area contributed by atoms with Crippen LogP contribution in [0.1, 0.15) is 17.5 Å². The largest absolute Gasteiger partial charge is 0.493 e. The summed E-state index contributed by atoms with van der Waals surface area (Å²) >= 11 is 0. The fourth-order valence-corrected chi connectivity index (χ4v) is 1.88. The molecule has 1 N–H and O–H groups in total. The first-order valence-corrected chi connectivity index (χ1v) is 6.71. The highest BCUT2D eigenvalue weighted by molar-refractivity contribution is 5.90. The van der Waals surface area contributed by atoms with Crippen molar-refractivity contribution in [3.8, 4) is 5.75 Å². The van der Waals surface area contributed by atoms with E-state index in [1.807, 2.05) is 62.4 Å². The maximum Gasteiger partial charge on any atom is 0.227 e. The summed E-state index contributed by atoms with van der Waals surface area (Å²) < 4.78 is 5.67. The van der Waals surface area contributed by atoms with Gasteiger partial charge < -0.3 is 10.1 Å². The van der Waals surface area contributed by atoms with E-state index in [0.717, 1.165) is 17.0 Å². The highest BCUT2D eigenvalue weighted by Gasteiger charge is 2.05. The summed E-state index contributed by atoms with van der Waals surface area (Å²) in [7, 11) is 0.